The summed E-state index contributed by atoms with van der Waals surface area (Å²) in [6.45, 7) is 4.24. The Labute approximate surface area is 158 Å². The lowest BCUT2D eigenvalue weighted by Crippen LogP contribution is -2.38. The van der Waals surface area contributed by atoms with Crippen LogP contribution in [0.25, 0.3) is 0 Å². The minimum atomic E-state index is -0.108. The summed E-state index contributed by atoms with van der Waals surface area (Å²) in [5.74, 6) is 1.42. The van der Waals surface area contributed by atoms with Crippen molar-refractivity contribution in [1.82, 2.24) is 5.32 Å². The molecule has 1 unspecified atom stereocenters. The molecule has 3 rings (SSSR count). The fourth-order valence-electron chi connectivity index (χ4n) is 2.71. The number of amides is 1. The van der Waals surface area contributed by atoms with Gasteiger partial charge in [0.2, 0.25) is 5.91 Å². The van der Waals surface area contributed by atoms with Gasteiger partial charge in [-0.1, -0.05) is 13.0 Å². The summed E-state index contributed by atoms with van der Waals surface area (Å²) in [7, 11) is 1.86. The summed E-state index contributed by atoms with van der Waals surface area (Å²) in [5, 5.41) is 5.10. The van der Waals surface area contributed by atoms with E-state index in [2.05, 4.69) is 5.32 Å². The predicted octanol–water partition coefficient (Wildman–Crippen LogP) is 3.33. The summed E-state index contributed by atoms with van der Waals surface area (Å²) < 4.78 is 11.2. The van der Waals surface area contributed by atoms with Crippen LogP contribution in [0.4, 0.5) is 5.69 Å². The molecule has 1 atom stereocenters. The molecule has 0 saturated heterocycles. The summed E-state index contributed by atoms with van der Waals surface area (Å²) in [6.07, 6.45) is 0. The number of nitrogens with zero attached hydrogens (tertiary/aromatic N) is 1. The zero-order valence-corrected chi connectivity index (χ0v) is 16.0. The number of hydrogen-bond donors (Lipinski definition) is 1. The highest BCUT2D eigenvalue weighted by molar-refractivity contribution is 7.09. The number of ether oxygens (including phenoxy) is 2. The van der Waals surface area contributed by atoms with Gasteiger partial charge in [-0.05, 0) is 30.6 Å². The molecule has 25 heavy (non-hydrogen) atoms. The molecule has 1 aromatic carbocycles. The van der Waals surface area contributed by atoms with E-state index >= 15 is 0 Å². The van der Waals surface area contributed by atoms with Crippen molar-refractivity contribution in [2.75, 3.05) is 31.7 Å². The molecule has 1 aliphatic rings. The van der Waals surface area contributed by atoms with Gasteiger partial charge in [-0.25, -0.2) is 0 Å². The van der Waals surface area contributed by atoms with E-state index in [-0.39, 0.29) is 24.2 Å². The molecule has 1 N–H and O–H groups in total. The number of halogens is 1. The second-order valence-electron chi connectivity index (χ2n) is 5.79. The monoisotopic (exact) mass is 382 g/mol. The topological polar surface area (TPSA) is 50.8 Å². The van der Waals surface area contributed by atoms with E-state index in [9.17, 15) is 4.79 Å². The summed E-state index contributed by atoms with van der Waals surface area (Å²) in [6, 6.07) is 9.74. The molecule has 0 saturated carbocycles. The first-order chi connectivity index (χ1) is 11.7. The largest absolute Gasteiger partial charge is 0.486 e. The number of anilines is 1. The van der Waals surface area contributed by atoms with Crippen molar-refractivity contribution in [1.29, 1.82) is 0 Å². The average molecular weight is 383 g/mol. The molecule has 2 heterocycles. The number of hydrogen-bond acceptors (Lipinski definition) is 5. The first-order valence-electron chi connectivity index (χ1n) is 8.07. The quantitative estimate of drug-likeness (QED) is 0.832. The Morgan fingerprint density at radius 2 is 2.04 bits per heavy atom. The molecule has 7 heteroatoms. The van der Waals surface area contributed by atoms with E-state index in [0.717, 1.165) is 16.3 Å². The Bertz CT molecular complexity index is 694. The number of carbonyl (C=O) groups is 1. The molecule has 5 nitrogen and oxygen atoms in total. The third-order valence-electron chi connectivity index (χ3n) is 3.93. The van der Waals surface area contributed by atoms with Crippen molar-refractivity contribution in [2.45, 2.75) is 13.5 Å². The van der Waals surface area contributed by atoms with Gasteiger partial charge in [-0.2, -0.15) is 0 Å². The normalized spacial score (nSPS) is 13.7. The van der Waals surface area contributed by atoms with Gasteiger partial charge in [0, 0.05) is 29.1 Å². The summed E-state index contributed by atoms with van der Waals surface area (Å²) >= 11 is 1.65. The molecule has 2 aromatic rings. The van der Waals surface area contributed by atoms with Gasteiger partial charge < -0.3 is 19.7 Å². The number of carbonyl (C=O) groups excluding carboxylic acids is 1. The first-order valence-corrected chi connectivity index (χ1v) is 8.95. The third-order valence-corrected chi connectivity index (χ3v) is 4.79. The molecular formula is C18H23ClN2O3S. The van der Waals surface area contributed by atoms with Gasteiger partial charge in [0.1, 0.15) is 13.2 Å². The van der Waals surface area contributed by atoms with E-state index in [1.54, 1.807) is 11.3 Å². The van der Waals surface area contributed by atoms with Crippen LogP contribution in [0.2, 0.25) is 0 Å². The highest BCUT2D eigenvalue weighted by atomic mass is 35.5. The van der Waals surface area contributed by atoms with Crippen LogP contribution in [0.5, 0.6) is 11.5 Å². The molecule has 0 spiro atoms. The average Bonchev–Trinajstić information content (AvgIpc) is 3.12. The van der Waals surface area contributed by atoms with Crippen LogP contribution in [0.1, 0.15) is 11.8 Å². The fraction of sp³-hybridized carbons (Fsp3) is 0.389. The van der Waals surface area contributed by atoms with E-state index in [0.29, 0.717) is 32.1 Å². The Morgan fingerprint density at radius 1 is 1.28 bits per heavy atom. The van der Waals surface area contributed by atoms with Crippen LogP contribution in [-0.2, 0) is 11.3 Å². The van der Waals surface area contributed by atoms with Crippen LogP contribution in [0, 0.1) is 5.92 Å². The molecule has 0 bridgehead atoms. The molecule has 0 radical (unpaired) electrons. The molecule has 1 amide bonds. The van der Waals surface area contributed by atoms with Gasteiger partial charge in [0.25, 0.3) is 0 Å². The number of benzene rings is 1. The molecule has 136 valence electrons. The number of rotatable bonds is 6. The van der Waals surface area contributed by atoms with Crippen molar-refractivity contribution in [3.8, 4) is 11.5 Å². The van der Waals surface area contributed by atoms with Crippen LogP contribution in [0.3, 0.4) is 0 Å². The fourth-order valence-corrected chi connectivity index (χ4v) is 3.41. The van der Waals surface area contributed by atoms with E-state index in [4.69, 9.17) is 9.47 Å². The number of fused-ring (bicyclic) bond motifs is 1. The van der Waals surface area contributed by atoms with Crippen molar-refractivity contribution in [2.24, 2.45) is 5.92 Å². The van der Waals surface area contributed by atoms with Crippen LogP contribution >= 0.6 is 23.7 Å². The molecular weight excluding hydrogens is 360 g/mol. The predicted molar refractivity (Wildman–Crippen MR) is 103 cm³/mol. The van der Waals surface area contributed by atoms with Crippen molar-refractivity contribution in [3.05, 3.63) is 40.6 Å². The van der Waals surface area contributed by atoms with Gasteiger partial charge in [-0.15, -0.1) is 23.7 Å². The smallest absolute Gasteiger partial charge is 0.231 e. The highest BCUT2D eigenvalue weighted by Gasteiger charge is 2.24. The number of thiophene rings is 1. The minimum Gasteiger partial charge on any atom is -0.486 e. The summed E-state index contributed by atoms with van der Waals surface area (Å²) in [4.78, 5) is 15.9. The Kier molecular flexibility index (Phi) is 7.11. The van der Waals surface area contributed by atoms with Gasteiger partial charge in [0.15, 0.2) is 11.5 Å². The van der Waals surface area contributed by atoms with Gasteiger partial charge >= 0.3 is 0 Å². The molecule has 0 aliphatic carbocycles. The second kappa shape index (κ2) is 9.08. The van der Waals surface area contributed by atoms with Crippen LogP contribution < -0.4 is 19.7 Å². The number of nitrogens with one attached hydrogen (secondary N) is 1. The van der Waals surface area contributed by atoms with Gasteiger partial charge in [0.05, 0.1) is 6.54 Å². The summed E-state index contributed by atoms with van der Waals surface area (Å²) in [5.41, 5.74) is 0.834. The van der Waals surface area contributed by atoms with Crippen molar-refractivity contribution in [3.63, 3.8) is 0 Å². The van der Waals surface area contributed by atoms with E-state index < -0.39 is 0 Å². The van der Waals surface area contributed by atoms with Crippen molar-refractivity contribution < 1.29 is 14.3 Å². The van der Waals surface area contributed by atoms with Crippen molar-refractivity contribution >= 4 is 35.3 Å². The SMILES string of the molecule is CNCC(C)C(=O)N(Cc1cccs1)c1ccc2c(c1)OCCO2.Cl. The van der Waals surface area contributed by atoms with Crippen LogP contribution in [0.15, 0.2) is 35.7 Å². The molecule has 1 aliphatic heterocycles. The second-order valence-corrected chi connectivity index (χ2v) is 6.82. The van der Waals surface area contributed by atoms with E-state index in [1.807, 2.05) is 54.6 Å². The zero-order chi connectivity index (χ0) is 16.9. The lowest BCUT2D eigenvalue weighted by atomic mass is 10.1. The minimum absolute atomic E-state index is 0. The standard InChI is InChI=1S/C18H22N2O3S.ClH/c1-13(11-19-2)18(21)20(12-15-4-3-9-24-15)14-5-6-16-17(10-14)23-8-7-22-16;/h3-6,9-10,13,19H,7-8,11-12H2,1-2H3;1H. The maximum atomic E-state index is 12.9. The highest BCUT2D eigenvalue weighted by Crippen LogP contribution is 2.35. The van der Waals surface area contributed by atoms with Crippen LogP contribution in [-0.4, -0.2) is 32.7 Å². The van der Waals surface area contributed by atoms with Gasteiger partial charge in [-0.3, -0.25) is 4.79 Å². The Morgan fingerprint density at radius 3 is 2.72 bits per heavy atom. The zero-order valence-electron chi connectivity index (χ0n) is 14.4. The Hall–Kier alpha value is -1.76. The Balaban J connectivity index is 0.00000225. The molecule has 0 fully saturated rings. The lowest BCUT2D eigenvalue weighted by Gasteiger charge is -2.27. The maximum absolute atomic E-state index is 12.9. The molecule has 1 aromatic heterocycles. The first kappa shape index (κ1) is 19.6. The van der Waals surface area contributed by atoms with E-state index in [1.165, 1.54) is 0 Å². The third kappa shape index (κ3) is 4.66. The lowest BCUT2D eigenvalue weighted by molar-refractivity contribution is -0.121. The maximum Gasteiger partial charge on any atom is 0.231 e.